The molecule has 8 nitrogen and oxygen atoms in total. The third-order valence-corrected chi connectivity index (χ3v) is 4.74. The van der Waals surface area contributed by atoms with Gasteiger partial charge in [-0.05, 0) is 67.6 Å². The third-order valence-electron chi connectivity index (χ3n) is 4.74. The van der Waals surface area contributed by atoms with Crippen molar-refractivity contribution in [2.45, 2.75) is 13.1 Å². The lowest BCUT2D eigenvalue weighted by Gasteiger charge is -2.08. The van der Waals surface area contributed by atoms with Crippen molar-refractivity contribution in [3.8, 4) is 11.4 Å². The van der Waals surface area contributed by atoms with E-state index >= 15 is 0 Å². The first kappa shape index (κ1) is 22.8. The Hall–Kier alpha value is -4.41. The summed E-state index contributed by atoms with van der Waals surface area (Å²) in [5.41, 5.74) is 1.10. The molecule has 4 rings (SSSR count). The molecule has 34 heavy (non-hydrogen) atoms. The number of ether oxygens (including phenoxy) is 1. The van der Waals surface area contributed by atoms with Crippen molar-refractivity contribution in [3.63, 3.8) is 0 Å². The molecule has 1 amide bonds. The van der Waals surface area contributed by atoms with Crippen molar-refractivity contribution < 1.29 is 27.5 Å². The number of hydrogen-bond acceptors (Lipinski definition) is 5. The maximum Gasteiger partial charge on any atom is 0.435 e. The fourth-order valence-electron chi connectivity index (χ4n) is 3.07. The van der Waals surface area contributed by atoms with Crippen LogP contribution in [-0.2, 0) is 10.9 Å². The molecule has 0 bridgehead atoms. The molecule has 174 valence electrons. The van der Waals surface area contributed by atoms with E-state index in [9.17, 15) is 22.8 Å². The molecule has 1 N–H and O–H groups in total. The van der Waals surface area contributed by atoms with Crippen molar-refractivity contribution in [1.29, 1.82) is 0 Å². The van der Waals surface area contributed by atoms with Crippen molar-refractivity contribution in [3.05, 3.63) is 90.0 Å². The number of carbonyl (C=O) groups is 2. The lowest BCUT2D eigenvalue weighted by Crippen LogP contribution is -2.12. The average molecular weight is 469 g/mol. The van der Waals surface area contributed by atoms with Crippen LogP contribution in [0.5, 0.6) is 0 Å². The lowest BCUT2D eigenvalue weighted by molar-refractivity contribution is -0.141. The molecule has 2 aromatic heterocycles. The standard InChI is InChI=1S/C23H18F3N5O3/c1-2-34-22(33)19-11-13-30(28-19)18-9-5-16(6-10-18)27-21(32)15-3-7-17(8-4-15)31-14-12-20(29-31)23(24,25)26/h3-14H,2H2,1H3,(H,27,32). The average Bonchev–Trinajstić information content (AvgIpc) is 3.50. The molecule has 2 heterocycles. The SMILES string of the molecule is CCOC(=O)c1ccn(-c2ccc(NC(=O)c3ccc(-n4ccc(C(F)(F)F)n4)cc3)cc2)n1. The molecule has 0 unspecified atom stereocenters. The summed E-state index contributed by atoms with van der Waals surface area (Å²) < 4.78 is 45.7. The van der Waals surface area contributed by atoms with Gasteiger partial charge in [0.1, 0.15) is 0 Å². The van der Waals surface area contributed by atoms with E-state index in [1.165, 1.54) is 35.1 Å². The highest BCUT2D eigenvalue weighted by Gasteiger charge is 2.33. The normalized spacial score (nSPS) is 11.3. The molecular formula is C23H18F3N5O3. The minimum absolute atomic E-state index is 0.187. The number of alkyl halides is 3. The number of amides is 1. The number of halogens is 3. The second-order valence-electron chi connectivity index (χ2n) is 7.06. The van der Waals surface area contributed by atoms with Gasteiger partial charge in [0.2, 0.25) is 0 Å². The van der Waals surface area contributed by atoms with Gasteiger partial charge in [0.05, 0.1) is 18.0 Å². The summed E-state index contributed by atoms with van der Waals surface area (Å²) in [6.07, 6.45) is -1.70. The Kier molecular flexibility index (Phi) is 6.17. The molecular weight excluding hydrogens is 451 g/mol. The molecule has 0 saturated carbocycles. The zero-order chi connectivity index (χ0) is 24.3. The zero-order valence-electron chi connectivity index (χ0n) is 17.8. The van der Waals surface area contributed by atoms with Crippen molar-refractivity contribution >= 4 is 17.6 Å². The van der Waals surface area contributed by atoms with Gasteiger partial charge in [0.25, 0.3) is 5.91 Å². The molecule has 4 aromatic rings. The summed E-state index contributed by atoms with van der Waals surface area (Å²) in [4.78, 5) is 24.3. The Labute approximate surface area is 191 Å². The van der Waals surface area contributed by atoms with E-state index in [1.807, 2.05) is 0 Å². The molecule has 0 atom stereocenters. The zero-order valence-corrected chi connectivity index (χ0v) is 17.8. The molecule has 2 aromatic carbocycles. The number of esters is 1. The van der Waals surface area contributed by atoms with Gasteiger partial charge in [-0.2, -0.15) is 23.4 Å². The maximum atomic E-state index is 12.7. The number of anilines is 1. The number of carbonyl (C=O) groups excluding carboxylic acids is 2. The van der Waals surface area contributed by atoms with Gasteiger partial charge in [-0.1, -0.05) is 0 Å². The Balaban J connectivity index is 1.41. The number of nitrogens with zero attached hydrogens (tertiary/aromatic N) is 4. The van der Waals surface area contributed by atoms with E-state index in [2.05, 4.69) is 15.5 Å². The van der Waals surface area contributed by atoms with Crippen LogP contribution >= 0.6 is 0 Å². The highest BCUT2D eigenvalue weighted by Crippen LogP contribution is 2.28. The van der Waals surface area contributed by atoms with Gasteiger partial charge in [-0.15, -0.1) is 0 Å². The van der Waals surface area contributed by atoms with E-state index in [-0.39, 0.29) is 18.2 Å². The van der Waals surface area contributed by atoms with Gasteiger partial charge in [-0.25, -0.2) is 14.2 Å². The van der Waals surface area contributed by atoms with Crippen LogP contribution in [0.2, 0.25) is 0 Å². The summed E-state index contributed by atoms with van der Waals surface area (Å²) in [7, 11) is 0. The fraction of sp³-hybridized carbons (Fsp3) is 0.130. The highest BCUT2D eigenvalue weighted by atomic mass is 19.4. The van der Waals surface area contributed by atoms with Crippen LogP contribution in [0.1, 0.15) is 33.5 Å². The van der Waals surface area contributed by atoms with Gasteiger partial charge < -0.3 is 10.1 Å². The Bertz CT molecular complexity index is 1310. The number of nitrogens with one attached hydrogen (secondary N) is 1. The molecule has 11 heteroatoms. The summed E-state index contributed by atoms with van der Waals surface area (Å²) in [6, 6.07) is 15.2. The van der Waals surface area contributed by atoms with Gasteiger partial charge in [-0.3, -0.25) is 4.79 Å². The smallest absolute Gasteiger partial charge is 0.435 e. The van der Waals surface area contributed by atoms with E-state index in [0.29, 0.717) is 22.6 Å². The van der Waals surface area contributed by atoms with E-state index in [1.54, 1.807) is 43.5 Å². The van der Waals surface area contributed by atoms with Crippen LogP contribution in [0.4, 0.5) is 18.9 Å². The first-order valence-corrected chi connectivity index (χ1v) is 10.1. The Morgan fingerprint density at radius 1 is 0.882 bits per heavy atom. The maximum absolute atomic E-state index is 12.7. The van der Waals surface area contributed by atoms with Gasteiger partial charge in [0.15, 0.2) is 11.4 Å². The minimum Gasteiger partial charge on any atom is -0.461 e. The topological polar surface area (TPSA) is 91.0 Å². The number of aromatic nitrogens is 4. The van der Waals surface area contributed by atoms with Crippen LogP contribution < -0.4 is 5.32 Å². The molecule has 0 aliphatic rings. The Morgan fingerprint density at radius 3 is 2.06 bits per heavy atom. The van der Waals surface area contributed by atoms with Crippen LogP contribution in [-0.4, -0.2) is 38.0 Å². The summed E-state index contributed by atoms with van der Waals surface area (Å²) >= 11 is 0. The monoisotopic (exact) mass is 469 g/mol. The molecule has 0 radical (unpaired) electrons. The van der Waals surface area contributed by atoms with Gasteiger partial charge >= 0.3 is 12.1 Å². The highest BCUT2D eigenvalue weighted by molar-refractivity contribution is 6.04. The van der Waals surface area contributed by atoms with Crippen molar-refractivity contribution in [1.82, 2.24) is 19.6 Å². The second kappa shape index (κ2) is 9.22. The summed E-state index contributed by atoms with van der Waals surface area (Å²) in [5.74, 6) is -0.899. The lowest BCUT2D eigenvalue weighted by atomic mass is 10.2. The fourth-order valence-corrected chi connectivity index (χ4v) is 3.07. The quantitative estimate of drug-likeness (QED) is 0.420. The second-order valence-corrected chi connectivity index (χ2v) is 7.06. The van der Waals surface area contributed by atoms with Crippen molar-refractivity contribution in [2.24, 2.45) is 0 Å². The van der Waals surface area contributed by atoms with E-state index in [4.69, 9.17) is 4.74 Å². The van der Waals surface area contributed by atoms with Crippen LogP contribution in [0, 0.1) is 0 Å². The van der Waals surface area contributed by atoms with E-state index < -0.39 is 17.8 Å². The molecule has 0 fully saturated rings. The molecule has 0 aliphatic heterocycles. The van der Waals surface area contributed by atoms with E-state index in [0.717, 1.165) is 10.7 Å². The number of rotatable bonds is 6. The molecule has 0 aliphatic carbocycles. The Morgan fingerprint density at radius 2 is 1.47 bits per heavy atom. The van der Waals surface area contributed by atoms with Crippen molar-refractivity contribution in [2.75, 3.05) is 11.9 Å². The predicted molar refractivity (Wildman–Crippen MR) is 116 cm³/mol. The van der Waals surface area contributed by atoms with Crippen LogP contribution in [0.15, 0.2) is 73.1 Å². The summed E-state index contributed by atoms with van der Waals surface area (Å²) in [6.45, 7) is 1.97. The predicted octanol–water partition coefficient (Wildman–Crippen LogP) is 4.51. The van der Waals surface area contributed by atoms with Crippen LogP contribution in [0.25, 0.3) is 11.4 Å². The first-order valence-electron chi connectivity index (χ1n) is 10.1. The number of hydrogen-bond donors (Lipinski definition) is 1. The number of benzene rings is 2. The molecule has 0 spiro atoms. The minimum atomic E-state index is -4.53. The van der Waals surface area contributed by atoms with Gasteiger partial charge in [0, 0.05) is 23.6 Å². The third kappa shape index (κ3) is 4.98. The first-order chi connectivity index (χ1) is 16.2. The summed E-state index contributed by atoms with van der Waals surface area (Å²) in [5, 5.41) is 10.4. The molecule has 0 saturated heterocycles. The largest absolute Gasteiger partial charge is 0.461 e. The van der Waals surface area contributed by atoms with Crippen LogP contribution in [0.3, 0.4) is 0 Å².